The molecule has 0 amide bonds. The van der Waals surface area contributed by atoms with Crippen molar-refractivity contribution in [1.82, 2.24) is 5.32 Å². The van der Waals surface area contributed by atoms with Crippen molar-refractivity contribution in [3.8, 4) is 0 Å². The molecule has 0 bridgehead atoms. The summed E-state index contributed by atoms with van der Waals surface area (Å²) in [4.78, 5) is 8.36. The van der Waals surface area contributed by atoms with E-state index in [-0.39, 0.29) is 6.47 Å². The summed E-state index contributed by atoms with van der Waals surface area (Å²) in [6, 6.07) is 0. The zero-order valence-corrected chi connectivity index (χ0v) is 6.75. The molecule has 1 unspecified atom stereocenters. The van der Waals surface area contributed by atoms with Gasteiger partial charge in [0, 0.05) is 13.7 Å². The summed E-state index contributed by atoms with van der Waals surface area (Å²) in [6.45, 7) is 2.99. The van der Waals surface area contributed by atoms with Gasteiger partial charge < -0.3 is 15.2 Å². The molecule has 0 saturated carbocycles. The fourth-order valence-electron chi connectivity index (χ4n) is 1.09. The Kier molecular flexibility index (Phi) is 7.08. The largest absolute Gasteiger partial charge is 0.483 e. The summed E-state index contributed by atoms with van der Waals surface area (Å²) in [5, 5.41) is 10.2. The van der Waals surface area contributed by atoms with Crippen LogP contribution in [0.15, 0.2) is 0 Å². The highest BCUT2D eigenvalue weighted by Crippen LogP contribution is 2.05. The maximum atomic E-state index is 8.36. The van der Waals surface area contributed by atoms with Crippen LogP contribution in [-0.4, -0.2) is 38.4 Å². The van der Waals surface area contributed by atoms with Crippen LogP contribution in [0, 0.1) is 5.92 Å². The zero-order chi connectivity index (χ0) is 8.53. The Morgan fingerprint density at radius 1 is 1.82 bits per heavy atom. The van der Waals surface area contributed by atoms with E-state index in [1.807, 2.05) is 0 Å². The van der Waals surface area contributed by atoms with Crippen molar-refractivity contribution < 1.29 is 14.6 Å². The molecule has 11 heavy (non-hydrogen) atoms. The highest BCUT2D eigenvalue weighted by atomic mass is 16.5. The molecule has 1 fully saturated rings. The van der Waals surface area contributed by atoms with E-state index in [9.17, 15) is 0 Å². The molecule has 0 aromatic rings. The number of hydrogen-bond donors (Lipinski definition) is 2. The number of ether oxygens (including phenoxy) is 1. The van der Waals surface area contributed by atoms with Crippen LogP contribution in [0.2, 0.25) is 0 Å². The minimum Gasteiger partial charge on any atom is -0.483 e. The molecule has 4 nitrogen and oxygen atoms in total. The Bertz CT molecular complexity index is 91.7. The first-order chi connectivity index (χ1) is 5.35. The maximum Gasteiger partial charge on any atom is 0.290 e. The van der Waals surface area contributed by atoms with E-state index in [1.165, 1.54) is 13.0 Å². The first-order valence-corrected chi connectivity index (χ1v) is 3.62. The number of carbonyl (C=O) groups is 1. The van der Waals surface area contributed by atoms with Gasteiger partial charge in [0.05, 0.1) is 6.61 Å². The average molecular weight is 161 g/mol. The topological polar surface area (TPSA) is 58.6 Å². The Labute approximate surface area is 66.5 Å². The van der Waals surface area contributed by atoms with E-state index < -0.39 is 0 Å². The van der Waals surface area contributed by atoms with Crippen molar-refractivity contribution >= 4 is 6.47 Å². The molecule has 1 aliphatic heterocycles. The number of nitrogens with one attached hydrogen (secondary N) is 1. The normalized spacial score (nSPS) is 22.1. The molecule has 2 N–H and O–H groups in total. The summed E-state index contributed by atoms with van der Waals surface area (Å²) >= 11 is 0. The summed E-state index contributed by atoms with van der Waals surface area (Å²) in [6.07, 6.45) is 1.29. The average Bonchev–Trinajstić information content (AvgIpc) is 2.42. The van der Waals surface area contributed by atoms with Gasteiger partial charge in [-0.05, 0) is 18.9 Å². The Morgan fingerprint density at radius 2 is 2.45 bits per heavy atom. The molecule has 1 aliphatic rings. The molecule has 0 spiro atoms. The molecule has 1 rings (SSSR count). The van der Waals surface area contributed by atoms with Gasteiger partial charge >= 0.3 is 0 Å². The van der Waals surface area contributed by atoms with E-state index in [2.05, 4.69) is 5.32 Å². The summed E-state index contributed by atoms with van der Waals surface area (Å²) < 4.78 is 4.99. The second kappa shape index (κ2) is 7.50. The lowest BCUT2D eigenvalue weighted by Gasteiger charge is -2.03. The molecule has 1 saturated heterocycles. The number of methoxy groups -OCH3 is 1. The lowest BCUT2D eigenvalue weighted by molar-refractivity contribution is -0.122. The fraction of sp³-hybridized carbons (Fsp3) is 0.857. The van der Waals surface area contributed by atoms with Crippen LogP contribution in [0.4, 0.5) is 0 Å². The second-order valence-electron chi connectivity index (χ2n) is 2.42. The molecule has 0 aliphatic carbocycles. The van der Waals surface area contributed by atoms with Gasteiger partial charge in [0.25, 0.3) is 6.47 Å². The highest BCUT2D eigenvalue weighted by molar-refractivity contribution is 5.32. The first kappa shape index (κ1) is 10.4. The first-order valence-electron chi connectivity index (χ1n) is 3.62. The predicted molar refractivity (Wildman–Crippen MR) is 41.5 cm³/mol. The molecule has 66 valence electrons. The van der Waals surface area contributed by atoms with Gasteiger partial charge in [-0.2, -0.15) is 0 Å². The third-order valence-corrected chi connectivity index (χ3v) is 1.56. The van der Waals surface area contributed by atoms with Gasteiger partial charge in [-0.25, -0.2) is 0 Å². The summed E-state index contributed by atoms with van der Waals surface area (Å²) in [5.41, 5.74) is 0. The molecule has 1 atom stereocenters. The molecule has 4 heteroatoms. The van der Waals surface area contributed by atoms with Gasteiger partial charge in [0.15, 0.2) is 0 Å². The van der Waals surface area contributed by atoms with Crippen LogP contribution in [0.5, 0.6) is 0 Å². The monoisotopic (exact) mass is 161 g/mol. The van der Waals surface area contributed by atoms with Gasteiger partial charge in [-0.1, -0.05) is 0 Å². The van der Waals surface area contributed by atoms with Crippen molar-refractivity contribution in [2.24, 2.45) is 5.92 Å². The van der Waals surface area contributed by atoms with Crippen LogP contribution >= 0.6 is 0 Å². The van der Waals surface area contributed by atoms with Crippen LogP contribution < -0.4 is 5.32 Å². The minimum atomic E-state index is -0.250. The smallest absolute Gasteiger partial charge is 0.290 e. The highest BCUT2D eigenvalue weighted by Gasteiger charge is 2.12. The van der Waals surface area contributed by atoms with Crippen LogP contribution in [0.25, 0.3) is 0 Å². The van der Waals surface area contributed by atoms with Crippen molar-refractivity contribution in [1.29, 1.82) is 0 Å². The lowest BCUT2D eigenvalue weighted by atomic mass is 10.1. The molecule has 0 aromatic heterocycles. The van der Waals surface area contributed by atoms with Crippen molar-refractivity contribution in [3.05, 3.63) is 0 Å². The number of rotatable bonds is 2. The Balaban J connectivity index is 0.000000292. The Hall–Kier alpha value is -0.610. The maximum absolute atomic E-state index is 8.36. The van der Waals surface area contributed by atoms with Gasteiger partial charge in [-0.15, -0.1) is 0 Å². The van der Waals surface area contributed by atoms with Gasteiger partial charge in [-0.3, -0.25) is 4.79 Å². The van der Waals surface area contributed by atoms with E-state index >= 15 is 0 Å². The van der Waals surface area contributed by atoms with E-state index in [0.29, 0.717) is 0 Å². The second-order valence-corrected chi connectivity index (χ2v) is 2.42. The van der Waals surface area contributed by atoms with Crippen LogP contribution in [0.1, 0.15) is 6.42 Å². The number of carboxylic acid groups (broad SMARTS) is 1. The molecular weight excluding hydrogens is 146 g/mol. The van der Waals surface area contributed by atoms with Crippen molar-refractivity contribution in [2.45, 2.75) is 6.42 Å². The van der Waals surface area contributed by atoms with Crippen LogP contribution in [-0.2, 0) is 9.53 Å². The van der Waals surface area contributed by atoms with Crippen molar-refractivity contribution in [2.75, 3.05) is 26.8 Å². The molecule has 0 radical (unpaired) electrons. The molecule has 1 heterocycles. The fourth-order valence-corrected chi connectivity index (χ4v) is 1.09. The Morgan fingerprint density at radius 3 is 2.82 bits per heavy atom. The van der Waals surface area contributed by atoms with E-state index in [4.69, 9.17) is 14.6 Å². The van der Waals surface area contributed by atoms with E-state index in [1.54, 1.807) is 7.11 Å². The lowest BCUT2D eigenvalue weighted by Crippen LogP contribution is -2.12. The minimum absolute atomic E-state index is 0.250. The number of hydrogen-bond acceptors (Lipinski definition) is 3. The SMILES string of the molecule is COCC1CCNC1.O=CO. The summed E-state index contributed by atoms with van der Waals surface area (Å²) in [5.74, 6) is 0.778. The zero-order valence-electron chi connectivity index (χ0n) is 6.75. The molecule has 0 aromatic carbocycles. The third-order valence-electron chi connectivity index (χ3n) is 1.56. The predicted octanol–water partition coefficient (Wildman–Crippen LogP) is -0.0569. The van der Waals surface area contributed by atoms with Gasteiger partial charge in [0.2, 0.25) is 0 Å². The third kappa shape index (κ3) is 5.82. The van der Waals surface area contributed by atoms with Gasteiger partial charge in [0.1, 0.15) is 0 Å². The van der Waals surface area contributed by atoms with E-state index in [0.717, 1.165) is 19.1 Å². The summed E-state index contributed by atoms with van der Waals surface area (Å²) in [7, 11) is 1.76. The quantitative estimate of drug-likeness (QED) is 0.557. The van der Waals surface area contributed by atoms with Crippen molar-refractivity contribution in [3.63, 3.8) is 0 Å². The standard InChI is InChI=1S/C6H13NO.CH2O2/c1-8-5-6-2-3-7-4-6;2-1-3/h6-7H,2-5H2,1H3;1H,(H,2,3). The van der Waals surface area contributed by atoms with Crippen LogP contribution in [0.3, 0.4) is 0 Å². The molecular formula is C7H15NO3.